The molecule has 0 bridgehead atoms. The number of allylic oxidation sites excluding steroid dienone is 6. The van der Waals surface area contributed by atoms with E-state index in [9.17, 15) is 0 Å². The Morgan fingerprint density at radius 3 is 2.42 bits per heavy atom. The minimum Gasteiger partial charge on any atom is -0.332 e. The Balaban J connectivity index is 1.36. The molecular formula is C41H26ClN. The van der Waals surface area contributed by atoms with Crippen LogP contribution in [0, 0.1) is 0 Å². The Morgan fingerprint density at radius 2 is 1.49 bits per heavy atom. The maximum atomic E-state index is 6.92. The molecule has 0 saturated heterocycles. The largest absolute Gasteiger partial charge is 0.332 e. The van der Waals surface area contributed by atoms with E-state index in [0.29, 0.717) is 6.04 Å². The lowest BCUT2D eigenvalue weighted by Crippen LogP contribution is -2.40. The fourth-order valence-corrected chi connectivity index (χ4v) is 9.81. The number of para-hydroxylation sites is 2. The van der Waals surface area contributed by atoms with E-state index >= 15 is 0 Å². The van der Waals surface area contributed by atoms with Gasteiger partial charge in [-0.25, -0.2) is 0 Å². The molecule has 2 heteroatoms. The van der Waals surface area contributed by atoms with Gasteiger partial charge in [0.05, 0.1) is 17.1 Å². The zero-order valence-electron chi connectivity index (χ0n) is 23.5. The minimum atomic E-state index is -0.378. The molecule has 1 nitrogen and oxygen atoms in total. The van der Waals surface area contributed by atoms with Crippen LogP contribution in [0.2, 0.25) is 0 Å². The van der Waals surface area contributed by atoms with Crippen molar-refractivity contribution in [3.05, 3.63) is 154 Å². The van der Waals surface area contributed by atoms with Crippen LogP contribution in [0.5, 0.6) is 0 Å². The monoisotopic (exact) mass is 567 g/mol. The molecular weight excluding hydrogens is 542 g/mol. The van der Waals surface area contributed by atoms with Gasteiger partial charge in [-0.3, -0.25) is 0 Å². The molecule has 202 valence electrons. The molecule has 2 heterocycles. The van der Waals surface area contributed by atoms with Gasteiger partial charge in [0, 0.05) is 16.3 Å². The maximum Gasteiger partial charge on any atom is 0.0717 e. The molecule has 6 aliphatic rings. The SMILES string of the molecule is ClC1=CC2=C(CC1)C1(c3ccccc3N3c4c(cccc41)C1=CC=CCC13)c1cc3c4c(cccc4c12)-c1ccccc1-3. The molecule has 11 rings (SSSR count). The van der Waals surface area contributed by atoms with Gasteiger partial charge >= 0.3 is 0 Å². The standard InChI is InChI=1S/C41H26ClN/c42-23-19-20-32-31(21-23)39-29-14-7-12-27-24-9-1-2-10-25(24)30(38(27)29)22-35(39)41(32)33-15-4-6-18-37(33)43-36-17-5-3-11-26(36)28-13-8-16-34(41)40(28)43/h1-16,18,21-22,36H,17,19-20H2. The molecule has 1 spiro atoms. The Kier molecular flexibility index (Phi) is 4.09. The normalized spacial score (nSPS) is 22.6. The molecule has 0 radical (unpaired) electrons. The summed E-state index contributed by atoms with van der Waals surface area (Å²) >= 11 is 6.92. The first-order valence-corrected chi connectivity index (χ1v) is 15.8. The number of anilines is 2. The Hall–Kier alpha value is -4.59. The number of nitrogens with zero attached hydrogens (tertiary/aromatic N) is 1. The summed E-state index contributed by atoms with van der Waals surface area (Å²) in [6.45, 7) is 0. The first-order chi connectivity index (χ1) is 21.3. The summed E-state index contributed by atoms with van der Waals surface area (Å²) in [5, 5.41) is 3.69. The van der Waals surface area contributed by atoms with Crippen molar-refractivity contribution in [2.75, 3.05) is 4.90 Å². The van der Waals surface area contributed by atoms with Crippen molar-refractivity contribution in [2.24, 2.45) is 0 Å². The number of fused-ring (bicyclic) bond motifs is 15. The van der Waals surface area contributed by atoms with Gasteiger partial charge < -0.3 is 4.90 Å². The van der Waals surface area contributed by atoms with Gasteiger partial charge in [-0.15, -0.1) is 0 Å². The quantitative estimate of drug-likeness (QED) is 0.176. The molecule has 0 amide bonds. The van der Waals surface area contributed by atoms with E-state index < -0.39 is 0 Å². The van der Waals surface area contributed by atoms with E-state index in [2.05, 4.69) is 120 Å². The van der Waals surface area contributed by atoms with Gasteiger partial charge in [0.1, 0.15) is 0 Å². The Morgan fingerprint density at radius 1 is 0.721 bits per heavy atom. The van der Waals surface area contributed by atoms with Crippen LogP contribution in [0.1, 0.15) is 47.1 Å². The second kappa shape index (κ2) is 7.67. The van der Waals surface area contributed by atoms with Crippen molar-refractivity contribution in [2.45, 2.75) is 30.7 Å². The van der Waals surface area contributed by atoms with Crippen LogP contribution in [0.3, 0.4) is 0 Å². The molecule has 5 aromatic carbocycles. The lowest BCUT2D eigenvalue weighted by Gasteiger charge is -2.46. The van der Waals surface area contributed by atoms with E-state index in [1.54, 1.807) is 0 Å². The molecule has 0 fully saturated rings. The number of rotatable bonds is 0. The third-order valence-electron chi connectivity index (χ3n) is 11.0. The van der Waals surface area contributed by atoms with Crippen molar-refractivity contribution in [1.82, 2.24) is 0 Å². The fraction of sp³-hybridized carbons (Fsp3) is 0.122. The van der Waals surface area contributed by atoms with Crippen molar-refractivity contribution in [3.63, 3.8) is 0 Å². The van der Waals surface area contributed by atoms with Crippen molar-refractivity contribution in [1.29, 1.82) is 0 Å². The van der Waals surface area contributed by atoms with E-state index in [1.165, 1.54) is 88.9 Å². The van der Waals surface area contributed by atoms with Crippen LogP contribution in [0.4, 0.5) is 11.4 Å². The van der Waals surface area contributed by atoms with Crippen molar-refractivity contribution in [3.8, 4) is 22.3 Å². The zero-order chi connectivity index (χ0) is 28.0. The van der Waals surface area contributed by atoms with Crippen LogP contribution in [-0.2, 0) is 5.41 Å². The van der Waals surface area contributed by atoms with E-state index in [4.69, 9.17) is 11.6 Å². The second-order valence-electron chi connectivity index (χ2n) is 12.7. The minimum absolute atomic E-state index is 0.332. The van der Waals surface area contributed by atoms with Crippen LogP contribution in [0.15, 0.2) is 126 Å². The summed E-state index contributed by atoms with van der Waals surface area (Å²) in [6.07, 6.45) is 12.1. The predicted molar refractivity (Wildman–Crippen MR) is 179 cm³/mol. The Bertz CT molecular complexity index is 2300. The fourth-order valence-electron chi connectivity index (χ4n) is 9.61. The first-order valence-electron chi connectivity index (χ1n) is 15.5. The van der Waals surface area contributed by atoms with Crippen molar-refractivity contribution < 1.29 is 0 Å². The maximum absolute atomic E-state index is 6.92. The third-order valence-corrected chi connectivity index (χ3v) is 11.3. The van der Waals surface area contributed by atoms with E-state index in [1.807, 2.05) is 0 Å². The highest BCUT2D eigenvalue weighted by Gasteiger charge is 2.56. The molecule has 0 aromatic heterocycles. The molecule has 43 heavy (non-hydrogen) atoms. The average molecular weight is 568 g/mol. The van der Waals surface area contributed by atoms with Crippen molar-refractivity contribution >= 4 is 44.9 Å². The van der Waals surface area contributed by atoms with E-state index in [-0.39, 0.29) is 5.41 Å². The number of benzene rings is 5. The molecule has 0 saturated carbocycles. The van der Waals surface area contributed by atoms with Gasteiger partial charge in [-0.1, -0.05) is 109 Å². The summed E-state index contributed by atoms with van der Waals surface area (Å²) in [5.74, 6) is 0. The van der Waals surface area contributed by atoms with Crippen LogP contribution in [-0.4, -0.2) is 6.04 Å². The average Bonchev–Trinajstić information content (AvgIpc) is 3.67. The molecule has 2 unspecified atom stereocenters. The lowest BCUT2D eigenvalue weighted by molar-refractivity contribution is 0.671. The van der Waals surface area contributed by atoms with Crippen LogP contribution in [0.25, 0.3) is 44.2 Å². The third kappa shape index (κ3) is 2.48. The summed E-state index contributed by atoms with van der Waals surface area (Å²) in [7, 11) is 0. The van der Waals surface area contributed by atoms with Gasteiger partial charge in [0.2, 0.25) is 0 Å². The first kappa shape index (κ1) is 22.9. The summed E-state index contributed by atoms with van der Waals surface area (Å²) in [5.41, 5.74) is 19.0. The van der Waals surface area contributed by atoms with Gasteiger partial charge in [0.15, 0.2) is 0 Å². The molecule has 0 N–H and O–H groups in total. The molecule has 2 atom stereocenters. The molecule has 5 aromatic rings. The number of hydrogen-bond donors (Lipinski definition) is 0. The number of hydrogen-bond acceptors (Lipinski definition) is 1. The van der Waals surface area contributed by atoms with E-state index in [0.717, 1.165) is 24.3 Å². The summed E-state index contributed by atoms with van der Waals surface area (Å²) < 4.78 is 0. The number of halogens is 1. The summed E-state index contributed by atoms with van der Waals surface area (Å²) in [6, 6.07) is 35.1. The Labute approximate surface area is 255 Å². The smallest absolute Gasteiger partial charge is 0.0717 e. The topological polar surface area (TPSA) is 3.24 Å². The molecule has 4 aliphatic carbocycles. The highest BCUT2D eigenvalue weighted by atomic mass is 35.5. The van der Waals surface area contributed by atoms with Crippen LogP contribution < -0.4 is 4.90 Å². The summed E-state index contributed by atoms with van der Waals surface area (Å²) in [4.78, 5) is 2.66. The zero-order valence-corrected chi connectivity index (χ0v) is 24.2. The van der Waals surface area contributed by atoms with Gasteiger partial charge in [-0.2, -0.15) is 0 Å². The highest BCUT2D eigenvalue weighted by Crippen LogP contribution is 2.68. The van der Waals surface area contributed by atoms with Gasteiger partial charge in [0.25, 0.3) is 0 Å². The lowest BCUT2D eigenvalue weighted by atomic mass is 9.62. The molecule has 2 aliphatic heterocycles. The van der Waals surface area contributed by atoms with Gasteiger partial charge in [-0.05, 0) is 109 Å². The predicted octanol–water partition coefficient (Wildman–Crippen LogP) is 10.7. The second-order valence-corrected chi connectivity index (χ2v) is 13.2. The van der Waals surface area contributed by atoms with Crippen LogP contribution >= 0.6 is 11.6 Å². The highest BCUT2D eigenvalue weighted by molar-refractivity contribution is 6.31.